The van der Waals surface area contributed by atoms with E-state index in [1.165, 1.54) is 50.0 Å². The van der Waals surface area contributed by atoms with E-state index in [9.17, 15) is 5.11 Å². The van der Waals surface area contributed by atoms with E-state index in [1.807, 2.05) is 0 Å². The molecule has 1 saturated carbocycles. The van der Waals surface area contributed by atoms with Crippen molar-refractivity contribution >= 4 is 11.8 Å². The Kier molecular flexibility index (Phi) is 4.79. The van der Waals surface area contributed by atoms with E-state index >= 15 is 0 Å². The van der Waals surface area contributed by atoms with Crippen LogP contribution in [0.25, 0.3) is 0 Å². The molecule has 2 N–H and O–H groups in total. The fourth-order valence-corrected chi connectivity index (χ4v) is 3.76. The Morgan fingerprint density at radius 1 is 0.933 bits per heavy atom. The number of hydrogen-bond acceptors (Lipinski definition) is 3. The molecule has 0 aromatic rings. The van der Waals surface area contributed by atoms with Gasteiger partial charge < -0.3 is 10.4 Å². The molecule has 3 heteroatoms. The first-order valence-electron chi connectivity index (χ1n) is 6.38. The number of aliphatic hydroxyl groups is 1. The quantitative estimate of drug-likeness (QED) is 0.712. The minimum Gasteiger partial charge on any atom is -0.392 e. The van der Waals surface area contributed by atoms with Gasteiger partial charge >= 0.3 is 0 Å². The summed E-state index contributed by atoms with van der Waals surface area (Å²) in [6.45, 7) is 0. The minimum atomic E-state index is -0.0953. The first-order valence-corrected chi connectivity index (χ1v) is 7.53. The van der Waals surface area contributed by atoms with E-state index in [2.05, 4.69) is 17.1 Å². The molecule has 0 amide bonds. The lowest BCUT2D eigenvalue weighted by atomic mass is 10.0. The fraction of sp³-hybridized carbons (Fsp3) is 1.00. The molecular weight excluding hydrogens is 206 g/mol. The molecular formula is C12H23NOS. The van der Waals surface area contributed by atoms with Gasteiger partial charge in [-0.3, -0.25) is 0 Å². The molecule has 1 aliphatic heterocycles. The van der Waals surface area contributed by atoms with Crippen LogP contribution in [0.2, 0.25) is 0 Å². The molecule has 15 heavy (non-hydrogen) atoms. The van der Waals surface area contributed by atoms with Crippen LogP contribution in [0.3, 0.4) is 0 Å². The van der Waals surface area contributed by atoms with Crippen LogP contribution in [0.5, 0.6) is 0 Å². The third-order valence-electron chi connectivity index (χ3n) is 3.65. The maximum atomic E-state index is 10.0. The lowest BCUT2D eigenvalue weighted by Gasteiger charge is -2.30. The van der Waals surface area contributed by atoms with Crippen molar-refractivity contribution in [1.82, 2.24) is 5.32 Å². The smallest absolute Gasteiger partial charge is 0.0693 e. The standard InChI is InChI=1S/C12H23NOS/c14-12-5-3-1-2-4-11(12)13-10-6-8-15-9-7-10/h10-14H,1-9H2. The van der Waals surface area contributed by atoms with Crippen LogP contribution in [0.15, 0.2) is 0 Å². The molecule has 1 heterocycles. The van der Waals surface area contributed by atoms with Gasteiger partial charge in [-0.15, -0.1) is 0 Å². The topological polar surface area (TPSA) is 32.3 Å². The lowest BCUT2D eigenvalue weighted by molar-refractivity contribution is 0.112. The van der Waals surface area contributed by atoms with Gasteiger partial charge in [0.05, 0.1) is 6.10 Å². The molecule has 2 aliphatic rings. The molecule has 2 atom stereocenters. The molecule has 1 aliphatic carbocycles. The summed E-state index contributed by atoms with van der Waals surface area (Å²) in [5.74, 6) is 2.58. The zero-order valence-electron chi connectivity index (χ0n) is 9.45. The molecule has 0 bridgehead atoms. The average molecular weight is 229 g/mol. The Hall–Kier alpha value is 0.270. The van der Waals surface area contributed by atoms with Crippen molar-refractivity contribution in [3.63, 3.8) is 0 Å². The molecule has 0 spiro atoms. The van der Waals surface area contributed by atoms with Crippen LogP contribution in [-0.4, -0.2) is 34.8 Å². The average Bonchev–Trinajstić information content (AvgIpc) is 2.46. The second-order valence-corrected chi connectivity index (χ2v) is 6.09. The zero-order valence-corrected chi connectivity index (χ0v) is 10.3. The van der Waals surface area contributed by atoms with Gasteiger partial charge in [0.25, 0.3) is 0 Å². The summed E-state index contributed by atoms with van der Waals surface area (Å²) in [5.41, 5.74) is 0. The van der Waals surface area contributed by atoms with Gasteiger partial charge in [0.15, 0.2) is 0 Å². The van der Waals surface area contributed by atoms with Crippen molar-refractivity contribution in [2.24, 2.45) is 0 Å². The predicted octanol–water partition coefficient (Wildman–Crippen LogP) is 2.17. The van der Waals surface area contributed by atoms with Gasteiger partial charge in [-0.25, -0.2) is 0 Å². The molecule has 1 saturated heterocycles. The summed E-state index contributed by atoms with van der Waals surface area (Å²) in [7, 11) is 0. The van der Waals surface area contributed by atoms with E-state index in [1.54, 1.807) is 0 Å². The molecule has 2 fully saturated rings. The Morgan fingerprint density at radius 2 is 1.67 bits per heavy atom. The molecule has 0 aromatic carbocycles. The van der Waals surface area contributed by atoms with E-state index < -0.39 is 0 Å². The number of thioether (sulfide) groups is 1. The van der Waals surface area contributed by atoms with Gasteiger partial charge in [0, 0.05) is 12.1 Å². The van der Waals surface area contributed by atoms with E-state index in [0.29, 0.717) is 12.1 Å². The second kappa shape index (κ2) is 6.12. The maximum Gasteiger partial charge on any atom is 0.0693 e. The van der Waals surface area contributed by atoms with Gasteiger partial charge in [-0.2, -0.15) is 11.8 Å². The van der Waals surface area contributed by atoms with Crippen molar-refractivity contribution in [1.29, 1.82) is 0 Å². The second-order valence-electron chi connectivity index (χ2n) is 4.87. The fourth-order valence-electron chi connectivity index (χ4n) is 2.65. The highest BCUT2D eigenvalue weighted by atomic mass is 32.2. The molecule has 88 valence electrons. The van der Waals surface area contributed by atoms with Crippen LogP contribution in [-0.2, 0) is 0 Å². The SMILES string of the molecule is OC1CCCCCC1NC1CCSCC1. The summed E-state index contributed by atoms with van der Waals surface area (Å²) in [5, 5.41) is 13.7. The summed E-state index contributed by atoms with van der Waals surface area (Å²) in [4.78, 5) is 0. The van der Waals surface area contributed by atoms with Gasteiger partial charge in [0.1, 0.15) is 0 Å². The molecule has 2 unspecified atom stereocenters. The third-order valence-corrected chi connectivity index (χ3v) is 4.70. The number of rotatable bonds is 2. The van der Waals surface area contributed by atoms with Crippen molar-refractivity contribution in [3.05, 3.63) is 0 Å². The zero-order chi connectivity index (χ0) is 10.5. The van der Waals surface area contributed by atoms with Crippen molar-refractivity contribution in [2.45, 2.75) is 63.1 Å². The Labute approximate surface area is 97.2 Å². The summed E-state index contributed by atoms with van der Waals surface area (Å²) >= 11 is 2.06. The van der Waals surface area contributed by atoms with Crippen molar-refractivity contribution < 1.29 is 5.11 Å². The number of nitrogens with one attached hydrogen (secondary N) is 1. The Balaban J connectivity index is 1.79. The molecule has 2 rings (SSSR count). The Bertz CT molecular complexity index is 182. The van der Waals surface area contributed by atoms with Crippen LogP contribution in [0, 0.1) is 0 Å². The summed E-state index contributed by atoms with van der Waals surface area (Å²) in [6.07, 6.45) is 8.44. The lowest BCUT2D eigenvalue weighted by Crippen LogP contribution is -2.46. The van der Waals surface area contributed by atoms with Gasteiger partial charge in [-0.1, -0.05) is 19.3 Å². The number of aliphatic hydroxyl groups excluding tert-OH is 1. The monoisotopic (exact) mass is 229 g/mol. The summed E-state index contributed by atoms with van der Waals surface area (Å²) in [6, 6.07) is 1.05. The number of hydrogen-bond donors (Lipinski definition) is 2. The van der Waals surface area contributed by atoms with E-state index in [0.717, 1.165) is 6.42 Å². The van der Waals surface area contributed by atoms with Crippen LogP contribution in [0.1, 0.15) is 44.9 Å². The first-order chi connectivity index (χ1) is 7.36. The Morgan fingerprint density at radius 3 is 2.47 bits per heavy atom. The highest BCUT2D eigenvalue weighted by Gasteiger charge is 2.24. The van der Waals surface area contributed by atoms with Crippen molar-refractivity contribution in [3.8, 4) is 0 Å². The summed E-state index contributed by atoms with van der Waals surface area (Å²) < 4.78 is 0. The van der Waals surface area contributed by atoms with E-state index in [-0.39, 0.29) is 6.10 Å². The maximum absolute atomic E-state index is 10.0. The highest BCUT2D eigenvalue weighted by Crippen LogP contribution is 2.22. The van der Waals surface area contributed by atoms with Crippen LogP contribution in [0.4, 0.5) is 0 Å². The third kappa shape index (κ3) is 3.65. The molecule has 0 aromatic heterocycles. The first kappa shape index (κ1) is 11.7. The highest BCUT2D eigenvalue weighted by molar-refractivity contribution is 7.99. The van der Waals surface area contributed by atoms with Gasteiger partial charge in [0.2, 0.25) is 0 Å². The van der Waals surface area contributed by atoms with Crippen LogP contribution >= 0.6 is 11.8 Å². The normalized spacial score (nSPS) is 35.0. The molecule has 2 nitrogen and oxygen atoms in total. The van der Waals surface area contributed by atoms with Crippen LogP contribution < -0.4 is 5.32 Å². The molecule has 0 radical (unpaired) electrons. The predicted molar refractivity (Wildman–Crippen MR) is 66.4 cm³/mol. The minimum absolute atomic E-state index is 0.0953. The van der Waals surface area contributed by atoms with Crippen molar-refractivity contribution in [2.75, 3.05) is 11.5 Å². The van der Waals surface area contributed by atoms with E-state index in [4.69, 9.17) is 0 Å². The van der Waals surface area contributed by atoms with Gasteiger partial charge in [-0.05, 0) is 37.2 Å². The largest absolute Gasteiger partial charge is 0.392 e.